The number of carbonyl (C=O) groups is 3. The summed E-state index contributed by atoms with van der Waals surface area (Å²) in [5.41, 5.74) is 0. The van der Waals surface area contributed by atoms with E-state index in [4.69, 9.17) is 14.2 Å². The van der Waals surface area contributed by atoms with Gasteiger partial charge in [0, 0.05) is 46.1 Å². The van der Waals surface area contributed by atoms with Crippen LogP contribution in [0.4, 0.5) is 0 Å². The molecule has 4 N–H and O–H groups in total. The van der Waals surface area contributed by atoms with Gasteiger partial charge in [0.1, 0.15) is 6.61 Å². The molecule has 0 fully saturated rings. The Morgan fingerprint density at radius 1 is 0.692 bits per heavy atom. The first-order valence-corrected chi connectivity index (χ1v) is 8.69. The summed E-state index contributed by atoms with van der Waals surface area (Å²) in [5.74, 6) is -0.429. The molecule has 0 saturated heterocycles. The first kappa shape index (κ1) is 24.2. The number of ether oxygens (including phenoxy) is 3. The SMILES string of the molecule is CNCCC(=O)NCCC(=O)NCCOCCOCC(=O)NCCOC. The van der Waals surface area contributed by atoms with Gasteiger partial charge in [0.05, 0.1) is 26.4 Å². The van der Waals surface area contributed by atoms with Crippen molar-refractivity contribution in [2.75, 3.05) is 73.4 Å². The van der Waals surface area contributed by atoms with Crippen LogP contribution < -0.4 is 21.3 Å². The summed E-state index contributed by atoms with van der Waals surface area (Å²) in [6, 6.07) is 0. The van der Waals surface area contributed by atoms with E-state index < -0.39 is 0 Å². The van der Waals surface area contributed by atoms with Crippen LogP contribution in [-0.4, -0.2) is 91.1 Å². The maximum atomic E-state index is 11.5. The predicted molar refractivity (Wildman–Crippen MR) is 95.7 cm³/mol. The Balaban J connectivity index is 3.35. The zero-order valence-electron chi connectivity index (χ0n) is 15.7. The molecule has 0 spiro atoms. The molecule has 0 radical (unpaired) electrons. The van der Waals surface area contributed by atoms with Crippen LogP contribution in [0.2, 0.25) is 0 Å². The van der Waals surface area contributed by atoms with Crippen LogP contribution in [0.25, 0.3) is 0 Å². The topological polar surface area (TPSA) is 127 Å². The normalized spacial score (nSPS) is 10.4. The van der Waals surface area contributed by atoms with Crippen molar-refractivity contribution >= 4 is 17.7 Å². The molecule has 0 unspecified atom stereocenters. The summed E-state index contributed by atoms with van der Waals surface area (Å²) in [7, 11) is 3.34. The van der Waals surface area contributed by atoms with E-state index in [1.807, 2.05) is 0 Å². The molecule has 26 heavy (non-hydrogen) atoms. The monoisotopic (exact) mass is 376 g/mol. The van der Waals surface area contributed by atoms with Crippen LogP contribution in [0.1, 0.15) is 12.8 Å². The highest BCUT2D eigenvalue weighted by atomic mass is 16.5. The molecule has 0 aromatic carbocycles. The fourth-order valence-electron chi connectivity index (χ4n) is 1.72. The van der Waals surface area contributed by atoms with Gasteiger partial charge in [0.15, 0.2) is 0 Å². The van der Waals surface area contributed by atoms with E-state index in [1.165, 1.54) is 0 Å². The number of amides is 3. The highest BCUT2D eigenvalue weighted by molar-refractivity contribution is 5.79. The Bertz CT molecular complexity index is 395. The summed E-state index contributed by atoms with van der Waals surface area (Å²) >= 11 is 0. The lowest BCUT2D eigenvalue weighted by Gasteiger charge is -2.08. The zero-order valence-corrected chi connectivity index (χ0v) is 15.7. The molecule has 0 aliphatic carbocycles. The van der Waals surface area contributed by atoms with Gasteiger partial charge in [0.25, 0.3) is 0 Å². The second-order valence-electron chi connectivity index (χ2n) is 5.31. The van der Waals surface area contributed by atoms with Crippen molar-refractivity contribution in [1.29, 1.82) is 0 Å². The number of rotatable bonds is 17. The largest absolute Gasteiger partial charge is 0.383 e. The van der Waals surface area contributed by atoms with E-state index in [0.29, 0.717) is 59.0 Å². The smallest absolute Gasteiger partial charge is 0.246 e. The van der Waals surface area contributed by atoms with Gasteiger partial charge >= 0.3 is 0 Å². The molecule has 10 heteroatoms. The Morgan fingerprint density at radius 2 is 1.27 bits per heavy atom. The molecule has 0 rings (SSSR count). The van der Waals surface area contributed by atoms with Crippen molar-refractivity contribution < 1.29 is 28.6 Å². The number of hydrogen-bond acceptors (Lipinski definition) is 7. The van der Waals surface area contributed by atoms with Crippen LogP contribution in [0.15, 0.2) is 0 Å². The van der Waals surface area contributed by atoms with Crippen molar-refractivity contribution in [3.05, 3.63) is 0 Å². The van der Waals surface area contributed by atoms with Crippen molar-refractivity contribution in [3.8, 4) is 0 Å². The highest BCUT2D eigenvalue weighted by Gasteiger charge is 2.04. The first-order chi connectivity index (χ1) is 12.6. The molecule has 10 nitrogen and oxygen atoms in total. The quantitative estimate of drug-likeness (QED) is 0.217. The number of nitrogens with one attached hydrogen (secondary N) is 4. The number of methoxy groups -OCH3 is 1. The third-order valence-electron chi connectivity index (χ3n) is 3.08. The Labute approximate surface area is 154 Å². The Morgan fingerprint density at radius 3 is 1.96 bits per heavy atom. The standard InChI is InChI=1S/C16H32N4O6/c1-17-5-3-14(21)18-6-4-15(22)19-8-10-25-11-12-26-13-16(23)20-7-9-24-2/h17H,3-13H2,1-2H3,(H,18,21)(H,19,22)(H,20,23). The lowest BCUT2D eigenvalue weighted by Crippen LogP contribution is -2.33. The third kappa shape index (κ3) is 17.1. The lowest BCUT2D eigenvalue weighted by atomic mass is 10.3. The zero-order chi connectivity index (χ0) is 19.5. The van der Waals surface area contributed by atoms with Crippen molar-refractivity contribution in [2.24, 2.45) is 0 Å². The maximum absolute atomic E-state index is 11.5. The van der Waals surface area contributed by atoms with E-state index in [-0.39, 0.29) is 30.7 Å². The van der Waals surface area contributed by atoms with Crippen LogP contribution in [0, 0.1) is 0 Å². The van der Waals surface area contributed by atoms with E-state index in [2.05, 4.69) is 21.3 Å². The van der Waals surface area contributed by atoms with E-state index >= 15 is 0 Å². The van der Waals surface area contributed by atoms with Crippen LogP contribution in [0.3, 0.4) is 0 Å². The minimum Gasteiger partial charge on any atom is -0.383 e. The average molecular weight is 376 g/mol. The molecular formula is C16H32N4O6. The molecule has 152 valence electrons. The summed E-state index contributed by atoms with van der Waals surface area (Å²) < 4.78 is 15.2. The summed E-state index contributed by atoms with van der Waals surface area (Å²) in [6.45, 7) is 3.18. The lowest BCUT2D eigenvalue weighted by molar-refractivity contribution is -0.126. The number of carbonyl (C=O) groups excluding carboxylic acids is 3. The molecule has 0 saturated carbocycles. The fourth-order valence-corrected chi connectivity index (χ4v) is 1.72. The van der Waals surface area contributed by atoms with Crippen LogP contribution in [0.5, 0.6) is 0 Å². The highest BCUT2D eigenvalue weighted by Crippen LogP contribution is 1.83. The average Bonchev–Trinajstić information content (AvgIpc) is 2.62. The van der Waals surface area contributed by atoms with Gasteiger partial charge in [-0.15, -0.1) is 0 Å². The molecular weight excluding hydrogens is 344 g/mol. The summed E-state index contributed by atoms with van der Waals surface area (Å²) in [6.07, 6.45) is 0.620. The third-order valence-corrected chi connectivity index (χ3v) is 3.08. The van der Waals surface area contributed by atoms with Gasteiger partial charge in [-0.05, 0) is 7.05 Å². The molecule has 0 aliphatic heterocycles. The molecule has 0 bridgehead atoms. The number of hydrogen-bond donors (Lipinski definition) is 4. The molecule has 0 atom stereocenters. The second kappa shape index (κ2) is 18.1. The molecule has 0 aromatic heterocycles. The van der Waals surface area contributed by atoms with E-state index in [0.717, 1.165) is 0 Å². The fraction of sp³-hybridized carbons (Fsp3) is 0.812. The molecule has 0 heterocycles. The maximum Gasteiger partial charge on any atom is 0.246 e. The Kier molecular flexibility index (Phi) is 16.8. The molecule has 0 aromatic rings. The van der Waals surface area contributed by atoms with Gasteiger partial charge in [-0.1, -0.05) is 0 Å². The molecule has 0 aliphatic rings. The molecule has 3 amide bonds. The van der Waals surface area contributed by atoms with Crippen molar-refractivity contribution in [2.45, 2.75) is 12.8 Å². The van der Waals surface area contributed by atoms with Crippen molar-refractivity contribution in [1.82, 2.24) is 21.3 Å². The van der Waals surface area contributed by atoms with Gasteiger partial charge in [0.2, 0.25) is 17.7 Å². The first-order valence-electron chi connectivity index (χ1n) is 8.69. The summed E-state index contributed by atoms with van der Waals surface area (Å²) in [5, 5.41) is 10.9. The van der Waals surface area contributed by atoms with Gasteiger partial charge in [-0.2, -0.15) is 0 Å². The van der Waals surface area contributed by atoms with Crippen LogP contribution in [-0.2, 0) is 28.6 Å². The second-order valence-corrected chi connectivity index (χ2v) is 5.31. The van der Waals surface area contributed by atoms with E-state index in [1.54, 1.807) is 14.2 Å². The van der Waals surface area contributed by atoms with E-state index in [9.17, 15) is 14.4 Å². The predicted octanol–water partition coefficient (Wildman–Crippen LogP) is -1.99. The minimum atomic E-state index is -0.202. The van der Waals surface area contributed by atoms with Crippen molar-refractivity contribution in [3.63, 3.8) is 0 Å². The summed E-state index contributed by atoms with van der Waals surface area (Å²) in [4.78, 5) is 34.2. The van der Waals surface area contributed by atoms with Crippen LogP contribution >= 0.6 is 0 Å². The van der Waals surface area contributed by atoms with Gasteiger partial charge in [-0.3, -0.25) is 14.4 Å². The minimum absolute atomic E-state index is 0.0240. The van der Waals surface area contributed by atoms with Gasteiger partial charge < -0.3 is 35.5 Å². The van der Waals surface area contributed by atoms with Gasteiger partial charge in [-0.25, -0.2) is 0 Å². The Hall–Kier alpha value is -1.75.